The Hall–Kier alpha value is -3.54. The third-order valence-corrected chi connectivity index (χ3v) is 5.37. The van der Waals surface area contributed by atoms with Crippen molar-refractivity contribution in [3.63, 3.8) is 0 Å². The second-order valence-corrected chi connectivity index (χ2v) is 7.75. The zero-order valence-corrected chi connectivity index (χ0v) is 18.9. The lowest BCUT2D eigenvalue weighted by molar-refractivity contribution is -0.145. The number of carbonyl (C=O) groups is 3. The van der Waals surface area contributed by atoms with Gasteiger partial charge in [0.1, 0.15) is 10.8 Å². The van der Waals surface area contributed by atoms with Crippen LogP contribution in [0.25, 0.3) is 11.4 Å². The van der Waals surface area contributed by atoms with Gasteiger partial charge in [0, 0.05) is 33.6 Å². The SMILES string of the molecule is C=CC(=O)N1CCN(C(C)=O)[C@H](c2cc(Cl)nc(-c3cc(C(=O)NC)nc(C(F)(F)F)n3)c2)C1. The Bertz CT molecular complexity index is 1160. The summed E-state index contributed by atoms with van der Waals surface area (Å²) in [5.41, 5.74) is -0.417. The fraction of sp³-hybridized carbons (Fsp3) is 0.333. The van der Waals surface area contributed by atoms with Crippen molar-refractivity contribution >= 4 is 29.3 Å². The van der Waals surface area contributed by atoms with Crippen LogP contribution in [0, 0.1) is 0 Å². The average Bonchev–Trinajstić information content (AvgIpc) is 2.81. The summed E-state index contributed by atoms with van der Waals surface area (Å²) in [5.74, 6) is -2.94. The van der Waals surface area contributed by atoms with Gasteiger partial charge in [0.2, 0.25) is 17.6 Å². The molecular formula is C21H20ClF3N6O3. The minimum Gasteiger partial charge on any atom is -0.354 e. The number of pyridine rings is 1. The highest BCUT2D eigenvalue weighted by atomic mass is 35.5. The fourth-order valence-electron chi connectivity index (χ4n) is 3.56. The Balaban J connectivity index is 2.13. The number of halogens is 4. The van der Waals surface area contributed by atoms with Gasteiger partial charge in [0.15, 0.2) is 0 Å². The predicted molar refractivity (Wildman–Crippen MR) is 116 cm³/mol. The van der Waals surface area contributed by atoms with Gasteiger partial charge in [-0.1, -0.05) is 18.2 Å². The minimum atomic E-state index is -4.92. The van der Waals surface area contributed by atoms with Crippen LogP contribution in [0.5, 0.6) is 0 Å². The summed E-state index contributed by atoms with van der Waals surface area (Å²) in [7, 11) is 1.25. The molecule has 180 valence electrons. The van der Waals surface area contributed by atoms with Crippen LogP contribution in [-0.4, -0.2) is 69.2 Å². The molecule has 1 atom stereocenters. The largest absolute Gasteiger partial charge is 0.451 e. The highest BCUT2D eigenvalue weighted by Crippen LogP contribution is 2.32. The van der Waals surface area contributed by atoms with E-state index in [4.69, 9.17) is 11.6 Å². The maximum absolute atomic E-state index is 13.4. The van der Waals surface area contributed by atoms with Crippen LogP contribution in [0.1, 0.15) is 34.8 Å². The number of rotatable bonds is 4. The quantitative estimate of drug-likeness (QED) is 0.514. The normalized spacial score (nSPS) is 16.2. The van der Waals surface area contributed by atoms with E-state index in [-0.39, 0.29) is 41.4 Å². The number of nitrogens with one attached hydrogen (secondary N) is 1. The van der Waals surface area contributed by atoms with Crippen LogP contribution in [0.2, 0.25) is 5.15 Å². The van der Waals surface area contributed by atoms with Crippen molar-refractivity contribution < 1.29 is 27.6 Å². The van der Waals surface area contributed by atoms with Gasteiger partial charge in [-0.25, -0.2) is 15.0 Å². The van der Waals surface area contributed by atoms with Crippen LogP contribution in [0.3, 0.4) is 0 Å². The summed E-state index contributed by atoms with van der Waals surface area (Å²) < 4.78 is 40.1. The van der Waals surface area contributed by atoms with Crippen molar-refractivity contribution in [2.45, 2.75) is 19.1 Å². The summed E-state index contributed by atoms with van der Waals surface area (Å²) in [6, 6.07) is 3.30. The van der Waals surface area contributed by atoms with E-state index < -0.39 is 29.6 Å². The molecule has 0 bridgehead atoms. The summed E-state index contributed by atoms with van der Waals surface area (Å²) in [5, 5.41) is 2.15. The van der Waals surface area contributed by atoms with Crippen LogP contribution in [-0.2, 0) is 15.8 Å². The third kappa shape index (κ3) is 5.33. The molecule has 0 spiro atoms. The molecule has 0 radical (unpaired) electrons. The van der Waals surface area contributed by atoms with Crippen LogP contribution < -0.4 is 5.32 Å². The van der Waals surface area contributed by atoms with Gasteiger partial charge < -0.3 is 15.1 Å². The number of piperazine rings is 1. The van der Waals surface area contributed by atoms with E-state index in [1.165, 1.54) is 35.9 Å². The molecule has 0 aliphatic carbocycles. The lowest BCUT2D eigenvalue weighted by atomic mass is 10.0. The molecule has 34 heavy (non-hydrogen) atoms. The number of hydrogen-bond acceptors (Lipinski definition) is 6. The van der Waals surface area contributed by atoms with Gasteiger partial charge in [0.25, 0.3) is 5.91 Å². The van der Waals surface area contributed by atoms with Crippen LogP contribution >= 0.6 is 11.6 Å². The van der Waals surface area contributed by atoms with Crippen molar-refractivity contribution in [2.75, 3.05) is 26.7 Å². The second kappa shape index (κ2) is 9.75. The molecule has 1 fully saturated rings. The highest BCUT2D eigenvalue weighted by molar-refractivity contribution is 6.29. The molecule has 2 aromatic heterocycles. The highest BCUT2D eigenvalue weighted by Gasteiger charge is 2.36. The van der Waals surface area contributed by atoms with E-state index in [0.29, 0.717) is 12.1 Å². The van der Waals surface area contributed by atoms with Gasteiger partial charge in [-0.2, -0.15) is 13.2 Å². The predicted octanol–water partition coefficient (Wildman–Crippen LogP) is 2.49. The zero-order chi connectivity index (χ0) is 25.2. The molecular weight excluding hydrogens is 477 g/mol. The molecule has 0 aromatic carbocycles. The summed E-state index contributed by atoms with van der Waals surface area (Å²) in [6.45, 7) is 5.49. The van der Waals surface area contributed by atoms with E-state index in [0.717, 1.165) is 12.1 Å². The van der Waals surface area contributed by atoms with Crippen LogP contribution in [0.15, 0.2) is 30.9 Å². The molecule has 1 aliphatic rings. The second-order valence-electron chi connectivity index (χ2n) is 7.36. The fourth-order valence-corrected chi connectivity index (χ4v) is 3.78. The number of aromatic nitrogens is 3. The van der Waals surface area contributed by atoms with Gasteiger partial charge in [-0.3, -0.25) is 14.4 Å². The number of amides is 3. The maximum atomic E-state index is 13.4. The molecule has 1 aliphatic heterocycles. The molecule has 13 heteroatoms. The Morgan fingerprint density at radius 2 is 1.82 bits per heavy atom. The topological polar surface area (TPSA) is 108 Å². The van der Waals surface area contributed by atoms with E-state index in [1.807, 2.05) is 0 Å². The number of carbonyl (C=O) groups excluding carboxylic acids is 3. The first-order valence-corrected chi connectivity index (χ1v) is 10.4. The molecule has 3 amide bonds. The van der Waals surface area contributed by atoms with Crippen molar-refractivity contribution in [1.82, 2.24) is 30.1 Å². The first-order chi connectivity index (χ1) is 15.9. The van der Waals surface area contributed by atoms with Gasteiger partial charge in [-0.15, -0.1) is 0 Å². The first-order valence-electron chi connectivity index (χ1n) is 9.99. The minimum absolute atomic E-state index is 0.0591. The smallest absolute Gasteiger partial charge is 0.354 e. The van der Waals surface area contributed by atoms with Gasteiger partial charge in [-0.05, 0) is 29.8 Å². The standard InChI is InChI=1S/C21H20ClF3N6O3/c1-4-18(33)30-5-6-31(11(2)32)16(10-30)12-7-13(27-17(22)8-12)14-9-15(19(34)26-3)29-20(28-14)21(23,24)25/h4,7-9,16H,1,5-6,10H2,2-3H3,(H,26,34)/t16-/m0/s1. The van der Waals surface area contributed by atoms with Gasteiger partial charge in [0.05, 0.1) is 17.4 Å². The maximum Gasteiger partial charge on any atom is 0.451 e. The zero-order valence-electron chi connectivity index (χ0n) is 18.2. The Labute approximate surface area is 197 Å². The van der Waals surface area contributed by atoms with Crippen molar-refractivity contribution in [3.05, 3.63) is 53.1 Å². The summed E-state index contributed by atoms with van der Waals surface area (Å²) in [4.78, 5) is 50.3. The molecule has 0 unspecified atom stereocenters. The van der Waals surface area contributed by atoms with Crippen molar-refractivity contribution in [3.8, 4) is 11.4 Å². The Kier molecular flexibility index (Phi) is 7.20. The van der Waals surface area contributed by atoms with Gasteiger partial charge >= 0.3 is 6.18 Å². The van der Waals surface area contributed by atoms with Crippen LogP contribution in [0.4, 0.5) is 13.2 Å². The summed E-state index contributed by atoms with van der Waals surface area (Å²) in [6.07, 6.45) is -3.76. The lowest BCUT2D eigenvalue weighted by Crippen LogP contribution is -2.51. The van der Waals surface area contributed by atoms with E-state index in [9.17, 15) is 27.6 Å². The number of nitrogens with zero attached hydrogens (tertiary/aromatic N) is 5. The number of hydrogen-bond donors (Lipinski definition) is 1. The monoisotopic (exact) mass is 496 g/mol. The molecule has 3 rings (SSSR count). The Morgan fingerprint density at radius 3 is 2.41 bits per heavy atom. The summed E-state index contributed by atoms with van der Waals surface area (Å²) >= 11 is 6.18. The lowest BCUT2D eigenvalue weighted by Gasteiger charge is -2.41. The van der Waals surface area contributed by atoms with E-state index in [2.05, 4.69) is 26.8 Å². The average molecular weight is 497 g/mol. The first kappa shape index (κ1) is 25.1. The molecule has 9 nitrogen and oxygen atoms in total. The molecule has 3 heterocycles. The van der Waals surface area contributed by atoms with E-state index >= 15 is 0 Å². The van der Waals surface area contributed by atoms with Crippen molar-refractivity contribution in [1.29, 1.82) is 0 Å². The third-order valence-electron chi connectivity index (χ3n) is 5.17. The molecule has 0 saturated carbocycles. The Morgan fingerprint density at radius 1 is 1.15 bits per heavy atom. The van der Waals surface area contributed by atoms with E-state index in [1.54, 1.807) is 0 Å². The molecule has 1 saturated heterocycles. The molecule has 1 N–H and O–H groups in total. The number of alkyl halides is 3. The molecule has 2 aromatic rings. The van der Waals surface area contributed by atoms with Crippen molar-refractivity contribution in [2.24, 2.45) is 0 Å².